The van der Waals surface area contributed by atoms with E-state index >= 15 is 0 Å². The zero-order valence-electron chi connectivity index (χ0n) is 16.0. The Bertz CT molecular complexity index is 1050. The molecule has 6 nitrogen and oxygen atoms in total. The second-order valence-electron chi connectivity index (χ2n) is 7.12. The molecule has 28 heavy (non-hydrogen) atoms. The molecular weight excluding hydrogens is 394 g/mol. The fourth-order valence-corrected chi connectivity index (χ4v) is 5.89. The molecule has 4 rings (SSSR count). The molecule has 0 aromatic carbocycles. The molecule has 3 heterocycles. The number of carbonyl (C=O) groups is 1. The lowest BCUT2D eigenvalue weighted by Gasteiger charge is -2.17. The number of thiophene rings is 1. The first kappa shape index (κ1) is 19.3. The summed E-state index contributed by atoms with van der Waals surface area (Å²) in [6.45, 7) is 5.10. The summed E-state index contributed by atoms with van der Waals surface area (Å²) in [7, 11) is 0. The molecule has 0 bridgehead atoms. The maximum absolute atomic E-state index is 13.1. The van der Waals surface area contributed by atoms with Gasteiger partial charge in [0.25, 0.3) is 5.56 Å². The van der Waals surface area contributed by atoms with Crippen molar-refractivity contribution >= 4 is 39.2 Å². The molecule has 148 valence electrons. The van der Waals surface area contributed by atoms with E-state index in [1.54, 1.807) is 28.2 Å². The summed E-state index contributed by atoms with van der Waals surface area (Å²) in [4.78, 5) is 32.2. The average Bonchev–Trinajstić information content (AvgIpc) is 3.31. The molecule has 8 heteroatoms. The molecule has 1 aliphatic carbocycles. The first-order valence-corrected chi connectivity index (χ1v) is 11.3. The van der Waals surface area contributed by atoms with Crippen LogP contribution in [0.5, 0.6) is 0 Å². The van der Waals surface area contributed by atoms with Crippen LogP contribution in [-0.2, 0) is 30.7 Å². The summed E-state index contributed by atoms with van der Waals surface area (Å²) in [6.07, 6.45) is 4.69. The third-order valence-corrected chi connectivity index (χ3v) is 7.19. The van der Waals surface area contributed by atoms with Gasteiger partial charge in [0.05, 0.1) is 23.9 Å². The van der Waals surface area contributed by atoms with Gasteiger partial charge in [0.15, 0.2) is 5.16 Å². The number of hydrogen-bond acceptors (Lipinski definition) is 6. The zero-order chi connectivity index (χ0) is 19.7. The Morgan fingerprint density at radius 2 is 2.36 bits per heavy atom. The molecule has 0 radical (unpaired) electrons. The molecule has 1 atom stereocenters. The smallest absolute Gasteiger partial charge is 0.263 e. The largest absolute Gasteiger partial charge is 0.467 e. The highest BCUT2D eigenvalue weighted by Crippen LogP contribution is 2.36. The molecule has 0 spiro atoms. The number of amides is 1. The molecule has 0 aliphatic heterocycles. The fraction of sp³-hybridized carbons (Fsp3) is 0.450. The number of rotatable bonds is 6. The minimum Gasteiger partial charge on any atom is -0.467 e. The number of aromatic nitrogens is 2. The monoisotopic (exact) mass is 417 g/mol. The van der Waals surface area contributed by atoms with Crippen LogP contribution in [0.15, 0.2) is 32.8 Å². The van der Waals surface area contributed by atoms with E-state index in [1.165, 1.54) is 22.2 Å². The lowest BCUT2D eigenvalue weighted by molar-refractivity contribution is -0.118. The Morgan fingerprint density at radius 1 is 1.50 bits per heavy atom. The highest BCUT2D eigenvalue weighted by Gasteiger charge is 2.24. The second kappa shape index (κ2) is 8.13. The van der Waals surface area contributed by atoms with Crippen LogP contribution in [0.2, 0.25) is 0 Å². The molecule has 0 saturated heterocycles. The van der Waals surface area contributed by atoms with Gasteiger partial charge in [-0.05, 0) is 49.8 Å². The first-order chi connectivity index (χ1) is 13.6. The van der Waals surface area contributed by atoms with Crippen molar-refractivity contribution in [1.29, 1.82) is 0 Å². The normalized spacial score (nSPS) is 16.3. The van der Waals surface area contributed by atoms with Crippen LogP contribution < -0.4 is 10.9 Å². The van der Waals surface area contributed by atoms with Gasteiger partial charge in [-0.3, -0.25) is 14.2 Å². The van der Waals surface area contributed by atoms with Gasteiger partial charge >= 0.3 is 0 Å². The standard InChI is InChI=1S/C20H23N3O3S2/c1-3-23-19(25)17-14-7-6-12(2)9-15(14)28-18(17)22-20(23)27-11-16(24)21-10-13-5-4-8-26-13/h4-5,8,12H,3,6-7,9-11H2,1-2H3,(H,21,24)/t12-/m0/s1. The number of aryl methyl sites for hydroxylation is 1. The molecule has 1 aliphatic rings. The van der Waals surface area contributed by atoms with E-state index in [4.69, 9.17) is 9.40 Å². The summed E-state index contributed by atoms with van der Waals surface area (Å²) in [6, 6.07) is 3.60. The van der Waals surface area contributed by atoms with Crippen LogP contribution in [0.1, 0.15) is 36.5 Å². The summed E-state index contributed by atoms with van der Waals surface area (Å²) in [5, 5.41) is 4.23. The maximum atomic E-state index is 13.1. The maximum Gasteiger partial charge on any atom is 0.263 e. The van der Waals surface area contributed by atoms with Crippen molar-refractivity contribution < 1.29 is 9.21 Å². The zero-order valence-corrected chi connectivity index (χ0v) is 17.6. The van der Waals surface area contributed by atoms with Crippen molar-refractivity contribution in [3.05, 3.63) is 45.0 Å². The number of nitrogens with zero attached hydrogens (tertiary/aromatic N) is 2. The minimum absolute atomic E-state index is 0.0260. The first-order valence-electron chi connectivity index (χ1n) is 9.53. The van der Waals surface area contributed by atoms with Gasteiger partial charge in [-0.2, -0.15) is 0 Å². The van der Waals surface area contributed by atoms with Crippen molar-refractivity contribution in [2.75, 3.05) is 5.75 Å². The SMILES string of the molecule is CCn1c(SCC(=O)NCc2ccco2)nc2sc3c(c2c1=O)CC[C@H](C)C3. The molecule has 3 aromatic heterocycles. The van der Waals surface area contributed by atoms with E-state index in [0.717, 1.165) is 29.5 Å². The van der Waals surface area contributed by atoms with E-state index in [1.807, 2.05) is 13.0 Å². The molecule has 0 unspecified atom stereocenters. The van der Waals surface area contributed by atoms with Crippen molar-refractivity contribution in [3.63, 3.8) is 0 Å². The topological polar surface area (TPSA) is 77.1 Å². The van der Waals surface area contributed by atoms with E-state index in [9.17, 15) is 9.59 Å². The minimum atomic E-state index is -0.113. The van der Waals surface area contributed by atoms with Crippen LogP contribution >= 0.6 is 23.1 Å². The lowest BCUT2D eigenvalue weighted by atomic mass is 9.89. The Hall–Kier alpha value is -2.06. The van der Waals surface area contributed by atoms with Crippen molar-refractivity contribution in [2.45, 2.75) is 51.4 Å². The van der Waals surface area contributed by atoms with Crippen LogP contribution in [0.4, 0.5) is 0 Å². The van der Waals surface area contributed by atoms with Crippen molar-refractivity contribution in [3.8, 4) is 0 Å². The van der Waals surface area contributed by atoms with E-state index < -0.39 is 0 Å². The Kier molecular flexibility index (Phi) is 5.59. The predicted molar refractivity (Wildman–Crippen MR) is 112 cm³/mol. The summed E-state index contributed by atoms with van der Waals surface area (Å²) in [5.74, 6) is 1.46. The van der Waals surface area contributed by atoms with Gasteiger partial charge in [-0.1, -0.05) is 18.7 Å². The van der Waals surface area contributed by atoms with E-state index in [0.29, 0.717) is 29.9 Å². The van der Waals surface area contributed by atoms with E-state index in [-0.39, 0.29) is 17.2 Å². The summed E-state index contributed by atoms with van der Waals surface area (Å²) < 4.78 is 6.91. The molecule has 0 saturated carbocycles. The summed E-state index contributed by atoms with van der Waals surface area (Å²) >= 11 is 2.95. The van der Waals surface area contributed by atoms with Gasteiger partial charge in [-0.15, -0.1) is 11.3 Å². The Labute approximate surface area is 171 Å². The molecule has 1 N–H and O–H groups in total. The van der Waals surface area contributed by atoms with Crippen molar-refractivity contribution in [1.82, 2.24) is 14.9 Å². The van der Waals surface area contributed by atoms with Gasteiger partial charge in [-0.25, -0.2) is 4.98 Å². The van der Waals surface area contributed by atoms with Crippen LogP contribution in [-0.4, -0.2) is 21.2 Å². The third-order valence-electron chi connectivity index (χ3n) is 5.07. The Morgan fingerprint density at radius 3 is 3.11 bits per heavy atom. The van der Waals surface area contributed by atoms with Crippen LogP contribution in [0.3, 0.4) is 0 Å². The number of carbonyl (C=O) groups excluding carboxylic acids is 1. The quantitative estimate of drug-likeness (QED) is 0.490. The van der Waals surface area contributed by atoms with Crippen LogP contribution in [0.25, 0.3) is 10.2 Å². The van der Waals surface area contributed by atoms with Gasteiger partial charge in [0, 0.05) is 11.4 Å². The molecule has 3 aromatic rings. The van der Waals surface area contributed by atoms with Gasteiger partial charge in [0.2, 0.25) is 5.91 Å². The van der Waals surface area contributed by atoms with Gasteiger partial charge in [0.1, 0.15) is 10.6 Å². The highest BCUT2D eigenvalue weighted by atomic mass is 32.2. The molecule has 1 amide bonds. The predicted octanol–water partition coefficient (Wildman–Crippen LogP) is 3.60. The lowest BCUT2D eigenvalue weighted by Crippen LogP contribution is -2.26. The fourth-order valence-electron chi connectivity index (χ4n) is 3.57. The van der Waals surface area contributed by atoms with E-state index in [2.05, 4.69) is 12.2 Å². The van der Waals surface area contributed by atoms with Crippen LogP contribution in [0, 0.1) is 5.92 Å². The van der Waals surface area contributed by atoms with Gasteiger partial charge < -0.3 is 9.73 Å². The third kappa shape index (κ3) is 3.75. The molecule has 0 fully saturated rings. The second-order valence-corrected chi connectivity index (χ2v) is 9.15. The average molecular weight is 418 g/mol. The molecular formula is C20H23N3O3S2. The number of hydrogen-bond donors (Lipinski definition) is 1. The number of fused-ring (bicyclic) bond motifs is 3. The number of thioether (sulfide) groups is 1. The highest BCUT2D eigenvalue weighted by molar-refractivity contribution is 7.99. The van der Waals surface area contributed by atoms with Crippen molar-refractivity contribution in [2.24, 2.45) is 5.92 Å². The Balaban J connectivity index is 1.55. The number of nitrogens with one attached hydrogen (secondary N) is 1. The summed E-state index contributed by atoms with van der Waals surface area (Å²) in [5.41, 5.74) is 1.23. The number of furan rings is 1.